The Labute approximate surface area is 102 Å². The van der Waals surface area contributed by atoms with E-state index in [4.69, 9.17) is 0 Å². The van der Waals surface area contributed by atoms with E-state index in [1.54, 1.807) is 16.9 Å². The van der Waals surface area contributed by atoms with Crippen molar-refractivity contribution in [3.63, 3.8) is 0 Å². The van der Waals surface area contributed by atoms with Gasteiger partial charge in [0.25, 0.3) is 5.91 Å². The van der Waals surface area contributed by atoms with Gasteiger partial charge in [-0.1, -0.05) is 6.92 Å². The van der Waals surface area contributed by atoms with E-state index >= 15 is 0 Å². The maximum Gasteiger partial charge on any atom is 0.274 e. The molecule has 2 heterocycles. The van der Waals surface area contributed by atoms with Crippen molar-refractivity contribution in [3.05, 3.63) is 18.0 Å². The van der Waals surface area contributed by atoms with E-state index in [2.05, 4.69) is 17.3 Å². The summed E-state index contributed by atoms with van der Waals surface area (Å²) in [7, 11) is 1.83. The average Bonchev–Trinajstić information content (AvgIpc) is 2.76. The first-order valence-electron chi connectivity index (χ1n) is 6.23. The van der Waals surface area contributed by atoms with Crippen molar-refractivity contribution in [2.75, 3.05) is 19.6 Å². The number of hydrogen-bond acceptors (Lipinski definition) is 3. The van der Waals surface area contributed by atoms with Crippen molar-refractivity contribution in [2.45, 2.75) is 25.8 Å². The molecule has 2 rings (SSSR count). The van der Waals surface area contributed by atoms with Crippen LogP contribution in [0.15, 0.2) is 12.3 Å². The van der Waals surface area contributed by atoms with E-state index in [0.717, 1.165) is 32.5 Å². The molecule has 1 fully saturated rings. The second-order valence-electron chi connectivity index (χ2n) is 4.50. The smallest absolute Gasteiger partial charge is 0.274 e. The highest BCUT2D eigenvalue weighted by Crippen LogP contribution is 2.12. The average molecular weight is 236 g/mol. The Morgan fingerprint density at radius 1 is 1.53 bits per heavy atom. The molecule has 0 atom stereocenters. The zero-order chi connectivity index (χ0) is 12.3. The van der Waals surface area contributed by atoms with Gasteiger partial charge in [0.1, 0.15) is 5.69 Å². The first-order valence-corrected chi connectivity index (χ1v) is 6.23. The fourth-order valence-electron chi connectivity index (χ4n) is 2.27. The van der Waals surface area contributed by atoms with Crippen LogP contribution in [-0.2, 0) is 7.05 Å². The maximum absolute atomic E-state index is 12.1. The topological polar surface area (TPSA) is 50.2 Å². The lowest BCUT2D eigenvalue weighted by molar-refractivity contribution is 0.0699. The molecular weight excluding hydrogens is 216 g/mol. The highest BCUT2D eigenvalue weighted by molar-refractivity contribution is 5.92. The standard InChI is InChI=1S/C12H20N4O/c1-3-13-10-4-8-16(9-5-10)12(17)11-6-7-15(2)14-11/h6-7,10,13H,3-5,8-9H2,1-2H3. The molecule has 0 saturated carbocycles. The van der Waals surface area contributed by atoms with Crippen LogP contribution in [0.5, 0.6) is 0 Å². The molecule has 94 valence electrons. The van der Waals surface area contributed by atoms with Gasteiger partial charge in [-0.3, -0.25) is 9.48 Å². The molecule has 1 aliphatic heterocycles. The summed E-state index contributed by atoms with van der Waals surface area (Å²) in [6, 6.07) is 2.34. The van der Waals surface area contributed by atoms with Crippen molar-refractivity contribution in [3.8, 4) is 0 Å². The Balaban J connectivity index is 1.90. The molecule has 1 amide bonds. The summed E-state index contributed by atoms with van der Waals surface area (Å²) in [4.78, 5) is 14.0. The van der Waals surface area contributed by atoms with Crippen LogP contribution in [0.25, 0.3) is 0 Å². The van der Waals surface area contributed by atoms with Gasteiger partial charge in [0.05, 0.1) is 0 Å². The van der Waals surface area contributed by atoms with Crippen LogP contribution < -0.4 is 5.32 Å². The van der Waals surface area contributed by atoms with Gasteiger partial charge >= 0.3 is 0 Å². The third-order valence-electron chi connectivity index (χ3n) is 3.21. The molecule has 1 aromatic rings. The number of hydrogen-bond donors (Lipinski definition) is 1. The summed E-state index contributed by atoms with van der Waals surface area (Å²) in [6.07, 6.45) is 3.87. The molecule has 0 bridgehead atoms. The Hall–Kier alpha value is -1.36. The van der Waals surface area contributed by atoms with E-state index in [-0.39, 0.29) is 5.91 Å². The van der Waals surface area contributed by atoms with Crippen LogP contribution in [0, 0.1) is 0 Å². The number of nitrogens with zero attached hydrogens (tertiary/aromatic N) is 3. The third kappa shape index (κ3) is 2.85. The molecule has 0 aliphatic carbocycles. The van der Waals surface area contributed by atoms with E-state index in [9.17, 15) is 4.79 Å². The van der Waals surface area contributed by atoms with Gasteiger partial charge in [-0.15, -0.1) is 0 Å². The third-order valence-corrected chi connectivity index (χ3v) is 3.21. The molecule has 5 heteroatoms. The number of aromatic nitrogens is 2. The van der Waals surface area contributed by atoms with E-state index in [1.165, 1.54) is 0 Å². The highest BCUT2D eigenvalue weighted by Gasteiger charge is 2.24. The summed E-state index contributed by atoms with van der Waals surface area (Å²) in [5, 5.41) is 7.58. The van der Waals surface area contributed by atoms with Crippen molar-refractivity contribution in [1.29, 1.82) is 0 Å². The second-order valence-corrected chi connectivity index (χ2v) is 4.50. The zero-order valence-corrected chi connectivity index (χ0v) is 10.5. The number of aryl methyl sites for hydroxylation is 1. The fraction of sp³-hybridized carbons (Fsp3) is 0.667. The molecule has 1 N–H and O–H groups in total. The lowest BCUT2D eigenvalue weighted by atomic mass is 10.0. The van der Waals surface area contributed by atoms with Crippen LogP contribution in [0.1, 0.15) is 30.3 Å². The largest absolute Gasteiger partial charge is 0.337 e. The molecule has 0 aromatic carbocycles. The van der Waals surface area contributed by atoms with E-state index in [1.807, 2.05) is 11.9 Å². The van der Waals surface area contributed by atoms with E-state index < -0.39 is 0 Å². The molecule has 0 radical (unpaired) electrons. The van der Waals surface area contributed by atoms with Gasteiger partial charge in [0.2, 0.25) is 0 Å². The minimum Gasteiger partial charge on any atom is -0.337 e. The van der Waals surface area contributed by atoms with Crippen molar-refractivity contribution in [1.82, 2.24) is 20.0 Å². The van der Waals surface area contributed by atoms with Crippen molar-refractivity contribution < 1.29 is 4.79 Å². The molecule has 17 heavy (non-hydrogen) atoms. The normalized spacial score (nSPS) is 17.4. The molecule has 5 nitrogen and oxygen atoms in total. The molecule has 1 saturated heterocycles. The van der Waals surface area contributed by atoms with Gasteiger partial charge in [0.15, 0.2) is 0 Å². The number of carbonyl (C=O) groups excluding carboxylic acids is 1. The van der Waals surface area contributed by atoms with Gasteiger partial charge < -0.3 is 10.2 Å². The maximum atomic E-state index is 12.1. The molecule has 0 unspecified atom stereocenters. The van der Waals surface area contributed by atoms with Crippen LogP contribution in [0.2, 0.25) is 0 Å². The van der Waals surface area contributed by atoms with Gasteiger partial charge in [-0.25, -0.2) is 0 Å². The first-order chi connectivity index (χ1) is 8.20. The second kappa shape index (κ2) is 5.31. The Bertz CT molecular complexity index is 380. The van der Waals surface area contributed by atoms with Crippen LogP contribution in [-0.4, -0.2) is 46.3 Å². The Morgan fingerprint density at radius 2 is 2.24 bits per heavy atom. The predicted molar refractivity (Wildman–Crippen MR) is 65.8 cm³/mol. The SMILES string of the molecule is CCNC1CCN(C(=O)c2ccn(C)n2)CC1. The minimum atomic E-state index is 0.0561. The van der Waals surface area contributed by atoms with Crippen molar-refractivity contribution >= 4 is 5.91 Å². The zero-order valence-electron chi connectivity index (χ0n) is 10.5. The lowest BCUT2D eigenvalue weighted by Gasteiger charge is -2.31. The fourth-order valence-corrected chi connectivity index (χ4v) is 2.27. The summed E-state index contributed by atoms with van der Waals surface area (Å²) in [5.74, 6) is 0.0561. The van der Waals surface area contributed by atoms with Crippen LogP contribution in [0.4, 0.5) is 0 Å². The lowest BCUT2D eigenvalue weighted by Crippen LogP contribution is -2.45. The monoisotopic (exact) mass is 236 g/mol. The number of piperidine rings is 1. The summed E-state index contributed by atoms with van der Waals surface area (Å²) < 4.78 is 1.67. The van der Waals surface area contributed by atoms with Crippen LogP contribution in [0.3, 0.4) is 0 Å². The number of carbonyl (C=O) groups is 1. The number of rotatable bonds is 3. The number of nitrogens with one attached hydrogen (secondary N) is 1. The van der Waals surface area contributed by atoms with Crippen molar-refractivity contribution in [2.24, 2.45) is 7.05 Å². The number of likely N-dealkylation sites (tertiary alicyclic amines) is 1. The molecular formula is C12H20N4O. The summed E-state index contributed by atoms with van der Waals surface area (Å²) in [5.41, 5.74) is 0.550. The van der Waals surface area contributed by atoms with Gasteiger partial charge in [-0.2, -0.15) is 5.10 Å². The Morgan fingerprint density at radius 3 is 2.76 bits per heavy atom. The minimum absolute atomic E-state index is 0.0561. The Kier molecular flexibility index (Phi) is 3.78. The molecule has 1 aliphatic rings. The number of amides is 1. The first kappa shape index (κ1) is 12.1. The van der Waals surface area contributed by atoms with Gasteiger partial charge in [0, 0.05) is 32.4 Å². The molecule has 1 aromatic heterocycles. The highest BCUT2D eigenvalue weighted by atomic mass is 16.2. The van der Waals surface area contributed by atoms with Crippen LogP contribution >= 0.6 is 0 Å². The van der Waals surface area contributed by atoms with Gasteiger partial charge in [-0.05, 0) is 25.5 Å². The summed E-state index contributed by atoms with van der Waals surface area (Å²) in [6.45, 7) is 4.77. The summed E-state index contributed by atoms with van der Waals surface area (Å²) >= 11 is 0. The molecule has 0 spiro atoms. The quantitative estimate of drug-likeness (QED) is 0.837. The predicted octanol–water partition coefficient (Wildman–Crippen LogP) is 0.634. The van der Waals surface area contributed by atoms with E-state index in [0.29, 0.717) is 11.7 Å².